The van der Waals surface area contributed by atoms with Crippen LogP contribution >= 0.6 is 0 Å². The lowest BCUT2D eigenvalue weighted by atomic mass is 9.64. The number of Topliss-reactive ketones (excluding diaryl/α,β-unsaturated/α-hetero) is 1. The van der Waals surface area contributed by atoms with E-state index in [1.165, 1.54) is 29.2 Å². The molecule has 1 aliphatic carbocycles. The third-order valence-corrected chi connectivity index (χ3v) is 6.63. The van der Waals surface area contributed by atoms with E-state index in [0.29, 0.717) is 35.5 Å². The molecular formula is C24H19N5O4. The molecule has 2 heterocycles. The second kappa shape index (κ2) is 7.03. The number of nitro benzene ring substituents is 1. The lowest BCUT2D eigenvalue weighted by molar-refractivity contribution is -0.384. The Morgan fingerprint density at radius 2 is 1.82 bits per heavy atom. The van der Waals surface area contributed by atoms with Crippen LogP contribution in [-0.2, 0) is 15.0 Å². The average molecular weight is 441 g/mol. The number of rotatable bonds is 2. The number of non-ortho nitro benzene ring substituents is 1. The van der Waals surface area contributed by atoms with E-state index >= 15 is 0 Å². The van der Waals surface area contributed by atoms with Crippen LogP contribution in [0.2, 0.25) is 0 Å². The van der Waals surface area contributed by atoms with Crippen LogP contribution in [-0.4, -0.2) is 23.7 Å². The molecule has 9 nitrogen and oxygen atoms in total. The molecule has 2 aromatic carbocycles. The van der Waals surface area contributed by atoms with Crippen LogP contribution in [0.25, 0.3) is 0 Å². The van der Waals surface area contributed by atoms with Gasteiger partial charge in [0.05, 0.1) is 10.5 Å². The third-order valence-electron chi connectivity index (χ3n) is 6.63. The number of para-hydroxylation sites is 1. The number of carbonyl (C=O) groups is 2. The first-order valence-corrected chi connectivity index (χ1v) is 10.4. The second-order valence-electron chi connectivity index (χ2n) is 8.21. The van der Waals surface area contributed by atoms with Gasteiger partial charge in [-0.15, -0.1) is 0 Å². The molecule has 0 fully saturated rings. The molecule has 0 radical (unpaired) electrons. The number of carbonyl (C=O) groups excluding carboxylic acids is 2. The topological polar surface area (TPSA) is 134 Å². The lowest BCUT2D eigenvalue weighted by Crippen LogP contribution is -2.52. The van der Waals surface area contributed by atoms with Gasteiger partial charge in [-0.3, -0.25) is 24.6 Å². The first kappa shape index (κ1) is 20.5. The molecule has 0 saturated carbocycles. The molecule has 5 rings (SSSR count). The van der Waals surface area contributed by atoms with Crippen molar-refractivity contribution >= 4 is 28.8 Å². The summed E-state index contributed by atoms with van der Waals surface area (Å²) >= 11 is 0. The predicted octanol–water partition coefficient (Wildman–Crippen LogP) is 3.03. The maximum Gasteiger partial charge on any atom is 0.269 e. The zero-order valence-electron chi connectivity index (χ0n) is 17.7. The molecule has 0 aromatic heterocycles. The van der Waals surface area contributed by atoms with E-state index in [-0.39, 0.29) is 34.9 Å². The number of likely N-dealkylation sites (N-methyl/N-ethyl adjacent to an activating group) is 1. The minimum Gasteiger partial charge on any atom is -0.384 e. The quantitative estimate of drug-likeness (QED) is 0.559. The predicted molar refractivity (Wildman–Crippen MR) is 120 cm³/mol. The number of hydrogen-bond acceptors (Lipinski definition) is 7. The first-order valence-electron chi connectivity index (χ1n) is 10.4. The lowest BCUT2D eigenvalue weighted by Gasteiger charge is -2.43. The minimum absolute atomic E-state index is 0.0170. The monoisotopic (exact) mass is 441 g/mol. The van der Waals surface area contributed by atoms with Gasteiger partial charge in [-0.2, -0.15) is 5.26 Å². The first-order chi connectivity index (χ1) is 15.8. The Kier molecular flexibility index (Phi) is 4.36. The minimum atomic E-state index is -1.60. The SMILES string of the molecule is CN1C(=O)C2(C(C#N)=C(N)N(c3ccc([N+](=O)[O-])cc3)C3=C2C(=O)CCC3)c2ccccc21. The van der Waals surface area contributed by atoms with E-state index in [9.17, 15) is 25.0 Å². The number of ketones is 1. The normalized spacial score (nSPS) is 21.9. The van der Waals surface area contributed by atoms with Gasteiger partial charge >= 0.3 is 0 Å². The van der Waals surface area contributed by atoms with E-state index in [4.69, 9.17) is 5.73 Å². The molecule has 1 unspecified atom stereocenters. The average Bonchev–Trinajstić information content (AvgIpc) is 3.03. The van der Waals surface area contributed by atoms with Gasteiger partial charge in [-0.25, -0.2) is 0 Å². The van der Waals surface area contributed by atoms with Crippen LogP contribution in [0.15, 0.2) is 71.2 Å². The van der Waals surface area contributed by atoms with Crippen molar-refractivity contribution in [3.8, 4) is 6.07 Å². The molecule has 2 aliphatic heterocycles. The number of nitrogens with two attached hydrogens (primary N) is 1. The zero-order valence-corrected chi connectivity index (χ0v) is 17.7. The number of allylic oxidation sites excluding steroid dienone is 1. The van der Waals surface area contributed by atoms with Gasteiger partial charge in [-0.1, -0.05) is 18.2 Å². The smallest absolute Gasteiger partial charge is 0.269 e. The summed E-state index contributed by atoms with van der Waals surface area (Å²) in [5.41, 5.74) is 7.33. The Balaban J connectivity index is 1.84. The van der Waals surface area contributed by atoms with E-state index in [0.717, 1.165) is 0 Å². The highest BCUT2D eigenvalue weighted by atomic mass is 16.6. The van der Waals surface area contributed by atoms with Gasteiger partial charge < -0.3 is 10.6 Å². The highest BCUT2D eigenvalue weighted by molar-refractivity contribution is 6.20. The van der Waals surface area contributed by atoms with Crippen molar-refractivity contribution in [2.24, 2.45) is 5.73 Å². The molecule has 2 N–H and O–H groups in total. The molecule has 33 heavy (non-hydrogen) atoms. The molecule has 3 aliphatic rings. The fourth-order valence-corrected chi connectivity index (χ4v) is 5.25. The van der Waals surface area contributed by atoms with Gasteiger partial charge in [0.25, 0.3) is 5.69 Å². The van der Waals surface area contributed by atoms with Crippen LogP contribution in [0.5, 0.6) is 0 Å². The van der Waals surface area contributed by atoms with Crippen molar-refractivity contribution in [1.29, 1.82) is 5.26 Å². The Labute approximate surface area is 189 Å². The summed E-state index contributed by atoms with van der Waals surface area (Å²) in [4.78, 5) is 40.9. The molecule has 2 aromatic rings. The number of anilines is 2. The molecule has 1 spiro atoms. The second-order valence-corrected chi connectivity index (χ2v) is 8.21. The number of benzene rings is 2. The number of nitro groups is 1. The van der Waals surface area contributed by atoms with Crippen molar-refractivity contribution < 1.29 is 14.5 Å². The molecule has 1 amide bonds. The van der Waals surface area contributed by atoms with Gasteiger partial charge in [0.1, 0.15) is 17.3 Å². The Hall–Kier alpha value is -4.45. The number of amides is 1. The summed E-state index contributed by atoms with van der Waals surface area (Å²) in [7, 11) is 1.62. The summed E-state index contributed by atoms with van der Waals surface area (Å²) in [6, 6.07) is 15.0. The van der Waals surface area contributed by atoms with Crippen LogP contribution in [0.4, 0.5) is 17.1 Å². The number of fused-ring (bicyclic) bond motifs is 3. The van der Waals surface area contributed by atoms with Crippen molar-refractivity contribution in [3.05, 3.63) is 86.9 Å². The molecule has 0 saturated heterocycles. The molecule has 164 valence electrons. The standard InChI is InChI=1S/C24H19N5O4/c1-27-18-6-3-2-5-16(18)24(23(27)31)17(13-25)22(26)28(19-7-4-8-20(30)21(19)24)14-9-11-15(12-10-14)29(32)33/h2-3,5-6,9-12H,4,7-8,26H2,1H3. The zero-order chi connectivity index (χ0) is 23.5. The Morgan fingerprint density at radius 1 is 1.12 bits per heavy atom. The molecule has 1 atom stereocenters. The molecule has 9 heteroatoms. The summed E-state index contributed by atoms with van der Waals surface area (Å²) in [6.45, 7) is 0. The Bertz CT molecular complexity index is 1350. The van der Waals surface area contributed by atoms with Crippen molar-refractivity contribution in [1.82, 2.24) is 0 Å². The van der Waals surface area contributed by atoms with E-state index in [2.05, 4.69) is 6.07 Å². The van der Waals surface area contributed by atoms with Gasteiger partial charge in [-0.05, 0) is 31.0 Å². The maximum absolute atomic E-state index is 13.8. The van der Waals surface area contributed by atoms with Gasteiger partial charge in [0.15, 0.2) is 5.78 Å². The van der Waals surface area contributed by atoms with E-state index < -0.39 is 16.2 Å². The van der Waals surface area contributed by atoms with Gasteiger partial charge in [0, 0.05) is 53.8 Å². The van der Waals surface area contributed by atoms with E-state index in [1.807, 2.05) is 0 Å². The van der Waals surface area contributed by atoms with Gasteiger partial charge in [0.2, 0.25) is 5.91 Å². The highest BCUT2D eigenvalue weighted by Crippen LogP contribution is 2.56. The number of nitrogens with zero attached hydrogens (tertiary/aromatic N) is 4. The summed E-state index contributed by atoms with van der Waals surface area (Å²) in [5.74, 6) is -0.561. The fraction of sp³-hybridized carbons (Fsp3) is 0.208. The van der Waals surface area contributed by atoms with Crippen molar-refractivity contribution in [3.63, 3.8) is 0 Å². The summed E-state index contributed by atoms with van der Waals surface area (Å²) < 4.78 is 0. The third kappa shape index (κ3) is 2.52. The Morgan fingerprint density at radius 3 is 2.48 bits per heavy atom. The van der Waals surface area contributed by atoms with Crippen LogP contribution in [0, 0.1) is 21.4 Å². The summed E-state index contributed by atoms with van der Waals surface area (Å²) in [6.07, 6.45) is 1.29. The highest BCUT2D eigenvalue weighted by Gasteiger charge is 2.61. The molecule has 0 bridgehead atoms. The fourth-order valence-electron chi connectivity index (χ4n) is 5.25. The van der Waals surface area contributed by atoms with Crippen LogP contribution < -0.4 is 15.5 Å². The maximum atomic E-state index is 13.8. The van der Waals surface area contributed by atoms with E-state index in [1.54, 1.807) is 36.2 Å². The number of nitriles is 1. The van der Waals surface area contributed by atoms with Crippen LogP contribution in [0.1, 0.15) is 24.8 Å². The van der Waals surface area contributed by atoms with Crippen molar-refractivity contribution in [2.45, 2.75) is 24.7 Å². The van der Waals surface area contributed by atoms with Crippen molar-refractivity contribution in [2.75, 3.05) is 16.8 Å². The molecular weight excluding hydrogens is 422 g/mol. The summed E-state index contributed by atoms with van der Waals surface area (Å²) in [5, 5.41) is 21.4. The number of hydrogen-bond donors (Lipinski definition) is 1. The van der Waals surface area contributed by atoms with Crippen LogP contribution in [0.3, 0.4) is 0 Å². The largest absolute Gasteiger partial charge is 0.384 e.